The van der Waals surface area contributed by atoms with Crippen molar-refractivity contribution < 1.29 is 0 Å². The van der Waals surface area contributed by atoms with E-state index in [9.17, 15) is 0 Å². The largest absolute Gasteiger partial charge is 0.305 e. The highest BCUT2D eigenvalue weighted by atomic mass is 15.3. The van der Waals surface area contributed by atoms with E-state index in [-0.39, 0.29) is 0 Å². The Kier molecular flexibility index (Phi) is 4.80. The molecule has 2 aliphatic heterocycles. The standard InChI is InChI=1S/C24H34N4/c1-26-16-21(19-6-4-3-5-7-19)14-24(18-26)10-12-28(13-11-24)17-22-15-25-27(2)23(22)20-8-9-20/h3-7,15,20-21H,8-14,16-18H2,1-2H3/t21-/m0/s1. The molecule has 0 radical (unpaired) electrons. The van der Waals surface area contributed by atoms with Crippen molar-refractivity contribution in [3.63, 3.8) is 0 Å². The van der Waals surface area contributed by atoms with E-state index < -0.39 is 0 Å². The van der Waals surface area contributed by atoms with Crippen molar-refractivity contribution in [2.75, 3.05) is 33.2 Å². The third-order valence-electron chi connectivity index (χ3n) is 7.43. The van der Waals surface area contributed by atoms with Gasteiger partial charge in [-0.2, -0.15) is 5.10 Å². The first-order valence-corrected chi connectivity index (χ1v) is 11.1. The van der Waals surface area contributed by atoms with Gasteiger partial charge in [0.15, 0.2) is 0 Å². The Labute approximate surface area is 169 Å². The fourth-order valence-corrected chi connectivity index (χ4v) is 5.90. The third-order valence-corrected chi connectivity index (χ3v) is 7.43. The number of nitrogens with zero attached hydrogens (tertiary/aromatic N) is 4. The minimum Gasteiger partial charge on any atom is -0.305 e. The molecule has 4 heteroatoms. The topological polar surface area (TPSA) is 24.3 Å². The van der Waals surface area contributed by atoms with Crippen molar-refractivity contribution in [2.45, 2.75) is 50.5 Å². The summed E-state index contributed by atoms with van der Waals surface area (Å²) in [7, 11) is 4.44. The fraction of sp³-hybridized carbons (Fsp3) is 0.625. The summed E-state index contributed by atoms with van der Waals surface area (Å²) in [5.41, 5.74) is 5.00. The Balaban J connectivity index is 1.25. The summed E-state index contributed by atoms with van der Waals surface area (Å²) in [6.45, 7) is 6.02. The Morgan fingerprint density at radius 2 is 1.79 bits per heavy atom. The van der Waals surface area contributed by atoms with Crippen LogP contribution >= 0.6 is 0 Å². The van der Waals surface area contributed by atoms with Gasteiger partial charge in [0.2, 0.25) is 0 Å². The molecule has 0 amide bonds. The van der Waals surface area contributed by atoms with Crippen LogP contribution in [0.5, 0.6) is 0 Å². The molecule has 0 bridgehead atoms. The minimum absolute atomic E-state index is 0.498. The van der Waals surface area contributed by atoms with E-state index in [1.165, 1.54) is 75.1 Å². The molecule has 3 fully saturated rings. The van der Waals surface area contributed by atoms with Crippen molar-refractivity contribution in [3.05, 3.63) is 53.3 Å². The van der Waals surface area contributed by atoms with Crippen LogP contribution in [0.2, 0.25) is 0 Å². The predicted octanol–water partition coefficient (Wildman–Crippen LogP) is 4.00. The highest BCUT2D eigenvalue weighted by Crippen LogP contribution is 2.45. The average molecular weight is 379 g/mol. The summed E-state index contributed by atoms with van der Waals surface area (Å²) in [6, 6.07) is 11.2. The number of hydrogen-bond donors (Lipinski definition) is 0. The lowest BCUT2D eigenvalue weighted by Gasteiger charge is -2.49. The number of benzene rings is 1. The molecule has 4 nitrogen and oxygen atoms in total. The van der Waals surface area contributed by atoms with E-state index in [0.29, 0.717) is 11.3 Å². The molecule has 150 valence electrons. The van der Waals surface area contributed by atoms with Gasteiger partial charge in [-0.05, 0) is 69.1 Å². The zero-order valence-corrected chi connectivity index (χ0v) is 17.5. The molecule has 28 heavy (non-hydrogen) atoms. The maximum absolute atomic E-state index is 4.56. The van der Waals surface area contributed by atoms with Gasteiger partial charge in [0.05, 0.1) is 6.20 Å². The second-order valence-corrected chi connectivity index (χ2v) is 9.74. The Bertz CT molecular complexity index is 799. The van der Waals surface area contributed by atoms with Crippen molar-refractivity contribution in [2.24, 2.45) is 12.5 Å². The first-order valence-electron chi connectivity index (χ1n) is 11.1. The average Bonchev–Trinajstić information content (AvgIpc) is 3.47. The van der Waals surface area contributed by atoms with Crippen LogP contribution in [0, 0.1) is 5.41 Å². The smallest absolute Gasteiger partial charge is 0.0537 e. The van der Waals surface area contributed by atoms with Crippen LogP contribution in [0.3, 0.4) is 0 Å². The summed E-state index contributed by atoms with van der Waals surface area (Å²) in [4.78, 5) is 5.27. The lowest BCUT2D eigenvalue weighted by atomic mass is 9.68. The van der Waals surface area contributed by atoms with E-state index >= 15 is 0 Å². The molecule has 1 spiro atoms. The van der Waals surface area contributed by atoms with Crippen molar-refractivity contribution in [1.82, 2.24) is 19.6 Å². The van der Waals surface area contributed by atoms with E-state index in [0.717, 1.165) is 12.5 Å². The quantitative estimate of drug-likeness (QED) is 0.804. The maximum Gasteiger partial charge on any atom is 0.0537 e. The number of aryl methyl sites for hydroxylation is 1. The molecule has 1 aliphatic carbocycles. The zero-order chi connectivity index (χ0) is 19.1. The molecule has 2 aromatic rings. The molecule has 1 aromatic heterocycles. The number of hydrogen-bond acceptors (Lipinski definition) is 3. The third kappa shape index (κ3) is 3.65. The highest BCUT2D eigenvalue weighted by Gasteiger charge is 2.41. The Morgan fingerprint density at radius 1 is 1.04 bits per heavy atom. The van der Waals surface area contributed by atoms with Crippen LogP contribution in [0.4, 0.5) is 0 Å². The number of aromatic nitrogens is 2. The van der Waals surface area contributed by atoms with Gasteiger partial charge in [0.1, 0.15) is 0 Å². The molecule has 5 rings (SSSR count). The number of likely N-dealkylation sites (N-methyl/N-ethyl adjacent to an activating group) is 1. The SMILES string of the molecule is CN1C[C@@H](c2ccccc2)CC2(CCN(Cc3cnn(C)c3C3CC3)CC2)C1. The molecule has 1 saturated carbocycles. The normalized spacial score (nSPS) is 26.0. The van der Waals surface area contributed by atoms with E-state index in [4.69, 9.17) is 0 Å². The summed E-state index contributed by atoms with van der Waals surface area (Å²) in [5.74, 6) is 1.46. The zero-order valence-electron chi connectivity index (χ0n) is 17.5. The monoisotopic (exact) mass is 378 g/mol. The van der Waals surface area contributed by atoms with Crippen molar-refractivity contribution in [3.8, 4) is 0 Å². The lowest BCUT2D eigenvalue weighted by molar-refractivity contribution is 0.0218. The van der Waals surface area contributed by atoms with Crippen LogP contribution in [0.1, 0.15) is 60.8 Å². The Morgan fingerprint density at radius 3 is 2.50 bits per heavy atom. The molecule has 2 saturated heterocycles. The van der Waals surface area contributed by atoms with Crippen molar-refractivity contribution >= 4 is 0 Å². The van der Waals surface area contributed by atoms with Gasteiger partial charge in [0, 0.05) is 43.9 Å². The second kappa shape index (κ2) is 7.31. The maximum atomic E-state index is 4.56. The van der Waals surface area contributed by atoms with Crippen LogP contribution in [-0.2, 0) is 13.6 Å². The summed E-state index contributed by atoms with van der Waals surface area (Å²) in [5, 5.41) is 4.56. The molecule has 3 aliphatic rings. The second-order valence-electron chi connectivity index (χ2n) is 9.74. The Hall–Kier alpha value is -1.65. The fourth-order valence-electron chi connectivity index (χ4n) is 5.90. The summed E-state index contributed by atoms with van der Waals surface area (Å²) < 4.78 is 2.12. The van der Waals surface area contributed by atoms with Gasteiger partial charge < -0.3 is 4.90 Å². The number of rotatable bonds is 4. The van der Waals surface area contributed by atoms with Crippen LogP contribution in [0.15, 0.2) is 36.5 Å². The van der Waals surface area contributed by atoms with Crippen LogP contribution < -0.4 is 0 Å². The first-order chi connectivity index (χ1) is 13.6. The van der Waals surface area contributed by atoms with Gasteiger partial charge in [0.25, 0.3) is 0 Å². The summed E-state index contributed by atoms with van der Waals surface area (Å²) in [6.07, 6.45) is 8.85. The van der Waals surface area contributed by atoms with Gasteiger partial charge >= 0.3 is 0 Å². The van der Waals surface area contributed by atoms with E-state index in [1.54, 1.807) is 0 Å². The van der Waals surface area contributed by atoms with Gasteiger partial charge in [-0.1, -0.05) is 30.3 Å². The molecule has 1 aromatic carbocycles. The predicted molar refractivity (Wildman–Crippen MR) is 113 cm³/mol. The van der Waals surface area contributed by atoms with E-state index in [2.05, 4.69) is 70.2 Å². The first kappa shape index (κ1) is 18.4. The highest BCUT2D eigenvalue weighted by molar-refractivity contribution is 5.26. The molecule has 0 unspecified atom stereocenters. The molecule has 3 heterocycles. The van der Waals surface area contributed by atoms with E-state index in [1.807, 2.05) is 0 Å². The van der Waals surface area contributed by atoms with Gasteiger partial charge in [-0.25, -0.2) is 0 Å². The minimum atomic E-state index is 0.498. The van der Waals surface area contributed by atoms with Gasteiger partial charge in [-0.3, -0.25) is 9.58 Å². The molecular weight excluding hydrogens is 344 g/mol. The molecule has 0 N–H and O–H groups in total. The number of likely N-dealkylation sites (tertiary alicyclic amines) is 2. The van der Waals surface area contributed by atoms with Crippen molar-refractivity contribution in [1.29, 1.82) is 0 Å². The number of piperidine rings is 2. The van der Waals surface area contributed by atoms with Crippen LogP contribution in [0.25, 0.3) is 0 Å². The van der Waals surface area contributed by atoms with Gasteiger partial charge in [-0.15, -0.1) is 0 Å². The molecular formula is C24H34N4. The lowest BCUT2D eigenvalue weighted by Crippen LogP contribution is -2.50. The summed E-state index contributed by atoms with van der Waals surface area (Å²) >= 11 is 0. The molecule has 1 atom stereocenters. The van der Waals surface area contributed by atoms with Crippen LogP contribution in [-0.4, -0.2) is 52.8 Å².